The standard InChI is InChI=1S/C15H20N2O2S/c1-11(20(3,18)19)15(16-2)10-12-8-9-17-14-7-5-4-6-13(12)14/h4-9,11,15-16H,10H2,1-3H3. The zero-order chi connectivity index (χ0) is 14.8. The number of sulfone groups is 1. The lowest BCUT2D eigenvalue weighted by Crippen LogP contribution is -2.42. The molecule has 5 heteroatoms. The molecule has 0 aliphatic rings. The molecule has 0 saturated carbocycles. The number of aromatic nitrogens is 1. The van der Waals surface area contributed by atoms with Gasteiger partial charge >= 0.3 is 0 Å². The van der Waals surface area contributed by atoms with Crippen LogP contribution in [0.1, 0.15) is 12.5 Å². The lowest BCUT2D eigenvalue weighted by Gasteiger charge is -2.22. The zero-order valence-electron chi connectivity index (χ0n) is 12.0. The van der Waals surface area contributed by atoms with Gasteiger partial charge in [0.2, 0.25) is 0 Å². The van der Waals surface area contributed by atoms with Gasteiger partial charge in [-0.1, -0.05) is 18.2 Å². The summed E-state index contributed by atoms with van der Waals surface area (Å²) in [5.41, 5.74) is 2.05. The van der Waals surface area contributed by atoms with E-state index < -0.39 is 15.1 Å². The van der Waals surface area contributed by atoms with E-state index in [2.05, 4.69) is 10.3 Å². The van der Waals surface area contributed by atoms with Crippen molar-refractivity contribution in [2.45, 2.75) is 24.6 Å². The second-order valence-electron chi connectivity index (χ2n) is 5.12. The third kappa shape index (κ3) is 3.16. The van der Waals surface area contributed by atoms with Crippen LogP contribution in [0.3, 0.4) is 0 Å². The summed E-state index contributed by atoms with van der Waals surface area (Å²) in [4.78, 5) is 4.33. The summed E-state index contributed by atoms with van der Waals surface area (Å²) in [6.07, 6.45) is 3.72. The molecule has 4 nitrogen and oxygen atoms in total. The highest BCUT2D eigenvalue weighted by Gasteiger charge is 2.25. The van der Waals surface area contributed by atoms with Crippen molar-refractivity contribution in [3.05, 3.63) is 42.1 Å². The van der Waals surface area contributed by atoms with Crippen molar-refractivity contribution in [2.24, 2.45) is 0 Å². The second-order valence-corrected chi connectivity index (χ2v) is 7.52. The van der Waals surface area contributed by atoms with Crippen molar-refractivity contribution in [1.82, 2.24) is 10.3 Å². The SMILES string of the molecule is CNC(Cc1ccnc2ccccc12)C(C)S(C)(=O)=O. The molecular formula is C15H20N2O2S. The van der Waals surface area contributed by atoms with Gasteiger partial charge in [0.25, 0.3) is 0 Å². The highest BCUT2D eigenvalue weighted by molar-refractivity contribution is 7.91. The summed E-state index contributed by atoms with van der Waals surface area (Å²) in [6, 6.07) is 9.76. The van der Waals surface area contributed by atoms with Crippen molar-refractivity contribution in [2.75, 3.05) is 13.3 Å². The minimum Gasteiger partial charge on any atom is -0.315 e. The molecule has 0 spiro atoms. The molecule has 0 bridgehead atoms. The molecule has 0 fully saturated rings. The van der Waals surface area contributed by atoms with Crippen LogP contribution in [-0.4, -0.2) is 38.0 Å². The van der Waals surface area contributed by atoms with E-state index in [0.29, 0.717) is 6.42 Å². The van der Waals surface area contributed by atoms with Gasteiger partial charge in [-0.15, -0.1) is 0 Å². The van der Waals surface area contributed by atoms with Gasteiger partial charge in [0.05, 0.1) is 10.8 Å². The molecule has 2 atom stereocenters. The molecular weight excluding hydrogens is 272 g/mol. The Morgan fingerprint density at radius 3 is 2.60 bits per heavy atom. The maximum absolute atomic E-state index is 11.7. The molecule has 0 radical (unpaired) electrons. The number of likely N-dealkylation sites (N-methyl/N-ethyl adjacent to an activating group) is 1. The van der Waals surface area contributed by atoms with Gasteiger partial charge in [-0.25, -0.2) is 8.42 Å². The molecule has 1 aromatic carbocycles. The number of nitrogens with one attached hydrogen (secondary N) is 1. The minimum atomic E-state index is -3.07. The number of hydrogen-bond acceptors (Lipinski definition) is 4. The maximum atomic E-state index is 11.7. The lowest BCUT2D eigenvalue weighted by molar-refractivity contribution is 0.517. The van der Waals surface area contributed by atoms with Crippen LogP contribution in [0, 0.1) is 0 Å². The van der Waals surface area contributed by atoms with E-state index in [0.717, 1.165) is 16.5 Å². The maximum Gasteiger partial charge on any atom is 0.151 e. The first-order valence-electron chi connectivity index (χ1n) is 6.62. The van der Waals surface area contributed by atoms with Crippen molar-refractivity contribution < 1.29 is 8.42 Å². The summed E-state index contributed by atoms with van der Waals surface area (Å²) < 4.78 is 23.5. The Kier molecular flexibility index (Phi) is 4.40. The molecule has 0 amide bonds. The van der Waals surface area contributed by atoms with Gasteiger partial charge in [-0.3, -0.25) is 4.98 Å². The molecule has 1 heterocycles. The van der Waals surface area contributed by atoms with Gasteiger partial charge in [0, 0.05) is 23.9 Å². The van der Waals surface area contributed by atoms with E-state index in [9.17, 15) is 8.42 Å². The number of hydrogen-bond donors (Lipinski definition) is 1. The Bertz CT molecular complexity index is 693. The quantitative estimate of drug-likeness (QED) is 0.913. The average molecular weight is 292 g/mol. The van der Waals surface area contributed by atoms with Crippen molar-refractivity contribution in [1.29, 1.82) is 0 Å². The smallest absolute Gasteiger partial charge is 0.151 e. The Morgan fingerprint density at radius 2 is 1.95 bits per heavy atom. The second kappa shape index (κ2) is 5.89. The molecule has 0 aliphatic heterocycles. The number of nitrogens with zero attached hydrogens (tertiary/aromatic N) is 1. The number of rotatable bonds is 5. The van der Waals surface area contributed by atoms with Crippen LogP contribution in [-0.2, 0) is 16.3 Å². The molecule has 20 heavy (non-hydrogen) atoms. The van der Waals surface area contributed by atoms with Crippen LogP contribution in [0.2, 0.25) is 0 Å². The molecule has 1 aromatic heterocycles. The Morgan fingerprint density at radius 1 is 1.25 bits per heavy atom. The highest BCUT2D eigenvalue weighted by Crippen LogP contribution is 2.19. The van der Waals surface area contributed by atoms with E-state index in [1.807, 2.05) is 30.3 Å². The fourth-order valence-corrected chi connectivity index (χ4v) is 3.20. The molecule has 2 rings (SSSR count). The van der Waals surface area contributed by atoms with E-state index in [1.54, 1.807) is 20.2 Å². The van der Waals surface area contributed by atoms with Crippen molar-refractivity contribution in [3.8, 4) is 0 Å². The van der Waals surface area contributed by atoms with Crippen LogP contribution >= 0.6 is 0 Å². The van der Waals surface area contributed by atoms with Gasteiger partial charge in [-0.05, 0) is 38.1 Å². The molecule has 0 saturated heterocycles. The first-order valence-corrected chi connectivity index (χ1v) is 8.57. The first kappa shape index (κ1) is 14.9. The number of para-hydroxylation sites is 1. The summed E-state index contributed by atoms with van der Waals surface area (Å²) in [5, 5.41) is 3.77. The molecule has 2 aromatic rings. The van der Waals surface area contributed by atoms with E-state index >= 15 is 0 Å². The monoisotopic (exact) mass is 292 g/mol. The number of benzene rings is 1. The Balaban J connectivity index is 2.35. The number of fused-ring (bicyclic) bond motifs is 1. The fourth-order valence-electron chi connectivity index (χ4n) is 2.37. The van der Waals surface area contributed by atoms with Crippen LogP contribution in [0.15, 0.2) is 36.5 Å². The molecule has 2 unspecified atom stereocenters. The molecule has 1 N–H and O–H groups in total. The predicted molar refractivity (Wildman–Crippen MR) is 82.6 cm³/mol. The van der Waals surface area contributed by atoms with Crippen molar-refractivity contribution >= 4 is 20.7 Å². The topological polar surface area (TPSA) is 59.1 Å². The highest BCUT2D eigenvalue weighted by atomic mass is 32.2. The summed E-state index contributed by atoms with van der Waals surface area (Å²) in [5.74, 6) is 0. The summed E-state index contributed by atoms with van der Waals surface area (Å²) in [7, 11) is -1.26. The van der Waals surface area contributed by atoms with E-state index in [-0.39, 0.29) is 6.04 Å². The van der Waals surface area contributed by atoms with Gasteiger partial charge in [0.1, 0.15) is 0 Å². The third-order valence-electron chi connectivity index (χ3n) is 3.79. The van der Waals surface area contributed by atoms with Crippen molar-refractivity contribution in [3.63, 3.8) is 0 Å². The summed E-state index contributed by atoms with van der Waals surface area (Å²) in [6.45, 7) is 1.75. The Hall–Kier alpha value is -1.46. The van der Waals surface area contributed by atoms with E-state index in [4.69, 9.17) is 0 Å². The Labute approximate surface area is 120 Å². The normalized spacial score (nSPS) is 15.2. The summed E-state index contributed by atoms with van der Waals surface area (Å²) >= 11 is 0. The third-order valence-corrected chi connectivity index (χ3v) is 5.47. The lowest BCUT2D eigenvalue weighted by atomic mass is 10.0. The van der Waals surface area contributed by atoms with Gasteiger partial charge in [-0.2, -0.15) is 0 Å². The van der Waals surface area contributed by atoms with Gasteiger partial charge < -0.3 is 5.32 Å². The van der Waals surface area contributed by atoms with Gasteiger partial charge in [0.15, 0.2) is 9.84 Å². The zero-order valence-corrected chi connectivity index (χ0v) is 12.8. The molecule has 108 valence electrons. The predicted octanol–water partition coefficient (Wildman–Crippen LogP) is 1.80. The van der Waals surface area contributed by atoms with Crippen LogP contribution < -0.4 is 5.32 Å². The number of pyridine rings is 1. The minimum absolute atomic E-state index is 0.115. The van der Waals surface area contributed by atoms with Crippen LogP contribution in [0.25, 0.3) is 10.9 Å². The largest absolute Gasteiger partial charge is 0.315 e. The first-order chi connectivity index (χ1) is 9.43. The van der Waals surface area contributed by atoms with Crippen LogP contribution in [0.5, 0.6) is 0 Å². The average Bonchev–Trinajstić information content (AvgIpc) is 2.43. The van der Waals surface area contributed by atoms with Crippen LogP contribution in [0.4, 0.5) is 0 Å². The molecule has 0 aliphatic carbocycles. The fraction of sp³-hybridized carbons (Fsp3) is 0.400. The van der Waals surface area contributed by atoms with E-state index in [1.165, 1.54) is 6.26 Å².